The van der Waals surface area contributed by atoms with E-state index < -0.39 is 5.60 Å². The molecule has 3 rings (SSSR count). The maximum Gasteiger partial charge on any atom is 0.225 e. The van der Waals surface area contributed by atoms with Gasteiger partial charge in [0.25, 0.3) is 0 Å². The standard InChI is InChI=1S/C20H34N4O2S/c1-4-16(5-2)19(25)24-8-6-20(26,7-9-24)17-15-27-18(21-17)14-23-12-10-22(3)11-13-23/h15-16,26H,4-14H2,1-3H3. The van der Waals surface area contributed by atoms with Gasteiger partial charge in [0, 0.05) is 50.6 Å². The number of piperidine rings is 1. The molecule has 0 unspecified atom stereocenters. The molecule has 0 spiro atoms. The van der Waals surface area contributed by atoms with Gasteiger partial charge in [0.1, 0.15) is 10.6 Å². The quantitative estimate of drug-likeness (QED) is 0.801. The fourth-order valence-corrected chi connectivity index (χ4v) is 4.97. The molecule has 1 N–H and O–H groups in total. The summed E-state index contributed by atoms with van der Waals surface area (Å²) >= 11 is 1.65. The highest BCUT2D eigenvalue weighted by Crippen LogP contribution is 2.34. The van der Waals surface area contributed by atoms with Crippen LogP contribution in [0, 0.1) is 5.92 Å². The van der Waals surface area contributed by atoms with E-state index in [1.165, 1.54) is 0 Å². The number of thiazole rings is 1. The summed E-state index contributed by atoms with van der Waals surface area (Å²) in [6.45, 7) is 10.6. The summed E-state index contributed by atoms with van der Waals surface area (Å²) in [7, 11) is 2.16. The van der Waals surface area contributed by atoms with E-state index in [1.807, 2.05) is 10.3 Å². The molecule has 0 saturated carbocycles. The van der Waals surface area contributed by atoms with Crippen molar-refractivity contribution in [1.29, 1.82) is 0 Å². The number of rotatable bonds is 6. The fraction of sp³-hybridized carbons (Fsp3) is 0.800. The Labute approximate surface area is 167 Å². The van der Waals surface area contributed by atoms with Crippen molar-refractivity contribution < 1.29 is 9.90 Å². The first-order chi connectivity index (χ1) is 12.9. The van der Waals surface area contributed by atoms with Crippen LogP contribution in [0.25, 0.3) is 0 Å². The molecule has 0 bridgehead atoms. The number of likely N-dealkylation sites (N-methyl/N-ethyl adjacent to an activating group) is 1. The van der Waals surface area contributed by atoms with Crippen molar-refractivity contribution in [2.75, 3.05) is 46.3 Å². The highest BCUT2D eigenvalue weighted by molar-refractivity contribution is 7.09. The monoisotopic (exact) mass is 394 g/mol. The lowest BCUT2D eigenvalue weighted by Gasteiger charge is -2.38. The van der Waals surface area contributed by atoms with E-state index in [0.29, 0.717) is 25.9 Å². The predicted octanol–water partition coefficient (Wildman–Crippen LogP) is 2.14. The molecule has 2 saturated heterocycles. The normalized spacial score (nSPS) is 21.7. The lowest BCUT2D eigenvalue weighted by atomic mass is 9.88. The molecule has 0 aromatic carbocycles. The van der Waals surface area contributed by atoms with E-state index in [9.17, 15) is 9.90 Å². The molecule has 6 nitrogen and oxygen atoms in total. The van der Waals surface area contributed by atoms with E-state index in [0.717, 1.165) is 56.3 Å². The summed E-state index contributed by atoms with van der Waals surface area (Å²) in [6.07, 6.45) is 2.93. The molecule has 1 aromatic rings. The zero-order valence-corrected chi connectivity index (χ0v) is 17.8. The number of amides is 1. The van der Waals surface area contributed by atoms with Crippen LogP contribution in [-0.4, -0.2) is 77.0 Å². The van der Waals surface area contributed by atoms with Crippen LogP contribution in [0.3, 0.4) is 0 Å². The third kappa shape index (κ3) is 4.88. The second-order valence-electron chi connectivity index (χ2n) is 8.08. The Hall–Kier alpha value is -1.02. The Morgan fingerprint density at radius 3 is 2.41 bits per heavy atom. The summed E-state index contributed by atoms with van der Waals surface area (Å²) in [4.78, 5) is 24.1. The van der Waals surface area contributed by atoms with Crippen LogP contribution in [0.1, 0.15) is 50.2 Å². The number of likely N-dealkylation sites (tertiary alicyclic amines) is 1. The molecule has 0 aliphatic carbocycles. The van der Waals surface area contributed by atoms with E-state index in [4.69, 9.17) is 4.98 Å². The highest BCUT2D eigenvalue weighted by Gasteiger charge is 2.38. The Morgan fingerprint density at radius 1 is 1.19 bits per heavy atom. The maximum atomic E-state index is 12.6. The maximum absolute atomic E-state index is 12.6. The summed E-state index contributed by atoms with van der Waals surface area (Å²) in [5.74, 6) is 0.363. The summed E-state index contributed by atoms with van der Waals surface area (Å²) in [5.41, 5.74) is -0.0899. The van der Waals surface area contributed by atoms with E-state index in [1.54, 1.807) is 11.3 Å². The molecule has 3 heterocycles. The van der Waals surface area contributed by atoms with Gasteiger partial charge in [0.15, 0.2) is 0 Å². The van der Waals surface area contributed by atoms with Gasteiger partial charge in [-0.2, -0.15) is 0 Å². The van der Waals surface area contributed by atoms with Gasteiger partial charge in [0.05, 0.1) is 12.2 Å². The molecule has 2 aliphatic heterocycles. The Bertz CT molecular complexity index is 615. The third-order valence-corrected chi connectivity index (χ3v) is 7.05. The topological polar surface area (TPSA) is 59.9 Å². The number of aromatic nitrogens is 1. The van der Waals surface area contributed by atoms with Gasteiger partial charge in [-0.25, -0.2) is 4.98 Å². The van der Waals surface area contributed by atoms with Crippen LogP contribution in [0.15, 0.2) is 5.38 Å². The molecule has 152 valence electrons. The first-order valence-electron chi connectivity index (χ1n) is 10.3. The van der Waals surface area contributed by atoms with Crippen molar-refractivity contribution in [3.63, 3.8) is 0 Å². The van der Waals surface area contributed by atoms with Crippen molar-refractivity contribution in [1.82, 2.24) is 19.7 Å². The smallest absolute Gasteiger partial charge is 0.225 e. The van der Waals surface area contributed by atoms with Gasteiger partial charge in [-0.05, 0) is 32.7 Å². The SMILES string of the molecule is CCC(CC)C(=O)N1CCC(O)(c2csc(CN3CCN(C)CC3)n2)CC1. The molecule has 0 atom stereocenters. The van der Waals surface area contributed by atoms with Crippen LogP contribution in [0.5, 0.6) is 0 Å². The van der Waals surface area contributed by atoms with Crippen LogP contribution >= 0.6 is 11.3 Å². The zero-order valence-electron chi connectivity index (χ0n) is 17.0. The van der Waals surface area contributed by atoms with Crippen LogP contribution in [-0.2, 0) is 16.9 Å². The van der Waals surface area contributed by atoms with Gasteiger partial charge < -0.3 is 14.9 Å². The van der Waals surface area contributed by atoms with Crippen molar-refractivity contribution in [2.24, 2.45) is 5.92 Å². The lowest BCUT2D eigenvalue weighted by Crippen LogP contribution is -2.47. The minimum atomic E-state index is -0.887. The van der Waals surface area contributed by atoms with E-state index >= 15 is 0 Å². The van der Waals surface area contributed by atoms with Crippen molar-refractivity contribution in [3.05, 3.63) is 16.1 Å². The van der Waals surface area contributed by atoms with Crippen LogP contribution in [0.4, 0.5) is 0 Å². The number of hydrogen-bond acceptors (Lipinski definition) is 6. The van der Waals surface area contributed by atoms with Gasteiger partial charge in [-0.1, -0.05) is 13.8 Å². The molecular weight excluding hydrogens is 360 g/mol. The largest absolute Gasteiger partial charge is 0.383 e. The van der Waals surface area contributed by atoms with Crippen molar-refractivity contribution in [3.8, 4) is 0 Å². The molecule has 2 aliphatic rings. The number of piperazine rings is 1. The van der Waals surface area contributed by atoms with Crippen molar-refractivity contribution >= 4 is 17.2 Å². The summed E-state index contributed by atoms with van der Waals surface area (Å²) in [5, 5.41) is 14.2. The first-order valence-corrected chi connectivity index (χ1v) is 11.2. The van der Waals surface area contributed by atoms with Gasteiger partial charge in [-0.3, -0.25) is 9.69 Å². The summed E-state index contributed by atoms with van der Waals surface area (Å²) in [6, 6.07) is 0. The molecule has 0 radical (unpaired) electrons. The number of aliphatic hydroxyl groups is 1. The number of carbonyl (C=O) groups is 1. The fourth-order valence-electron chi connectivity index (χ4n) is 4.04. The third-order valence-electron chi connectivity index (χ3n) is 6.22. The minimum Gasteiger partial charge on any atom is -0.383 e. The average molecular weight is 395 g/mol. The minimum absolute atomic E-state index is 0.116. The van der Waals surface area contributed by atoms with Crippen LogP contribution in [0.2, 0.25) is 0 Å². The number of hydrogen-bond donors (Lipinski definition) is 1. The van der Waals surface area contributed by atoms with Gasteiger partial charge in [0.2, 0.25) is 5.91 Å². The predicted molar refractivity (Wildman–Crippen MR) is 109 cm³/mol. The van der Waals surface area contributed by atoms with Crippen LogP contribution < -0.4 is 0 Å². The first kappa shape index (κ1) is 20.7. The highest BCUT2D eigenvalue weighted by atomic mass is 32.1. The molecule has 2 fully saturated rings. The summed E-state index contributed by atoms with van der Waals surface area (Å²) < 4.78 is 0. The Balaban J connectivity index is 1.56. The molecule has 1 amide bonds. The zero-order chi connectivity index (χ0) is 19.4. The average Bonchev–Trinajstić information content (AvgIpc) is 3.14. The van der Waals surface area contributed by atoms with E-state index in [-0.39, 0.29) is 11.8 Å². The number of carbonyl (C=O) groups excluding carboxylic acids is 1. The molecule has 7 heteroatoms. The van der Waals surface area contributed by atoms with Gasteiger partial charge in [-0.15, -0.1) is 11.3 Å². The molecule has 27 heavy (non-hydrogen) atoms. The second-order valence-corrected chi connectivity index (χ2v) is 9.02. The van der Waals surface area contributed by atoms with Gasteiger partial charge >= 0.3 is 0 Å². The molecule has 1 aromatic heterocycles. The Morgan fingerprint density at radius 2 is 1.81 bits per heavy atom. The van der Waals surface area contributed by atoms with E-state index in [2.05, 4.69) is 30.7 Å². The lowest BCUT2D eigenvalue weighted by molar-refractivity contribution is -0.140. The molecular formula is C20H34N4O2S. The van der Waals surface area contributed by atoms with Crippen molar-refractivity contribution in [2.45, 2.75) is 51.7 Å². The second kappa shape index (κ2) is 8.99. The number of nitrogens with zero attached hydrogens (tertiary/aromatic N) is 4. The Kier molecular flexibility index (Phi) is 6.89.